The topological polar surface area (TPSA) is 80.5 Å². The van der Waals surface area contributed by atoms with Crippen LogP contribution in [0.1, 0.15) is 12.7 Å². The Balaban J connectivity index is 2.48. The van der Waals surface area contributed by atoms with Gasteiger partial charge in [0.15, 0.2) is 5.82 Å². The Kier molecular flexibility index (Phi) is 1.74. The van der Waals surface area contributed by atoms with E-state index in [4.69, 9.17) is 5.73 Å². The van der Waals surface area contributed by atoms with Gasteiger partial charge in [0, 0.05) is 12.5 Å². The zero-order valence-electron chi connectivity index (χ0n) is 5.20. The molecular weight excluding hydrogens is 118 g/mol. The molecule has 0 unspecified atom stereocenters. The van der Waals surface area contributed by atoms with Crippen molar-refractivity contribution in [2.45, 2.75) is 19.4 Å². The summed E-state index contributed by atoms with van der Waals surface area (Å²) in [6.45, 7) is 1.90. The van der Waals surface area contributed by atoms with Crippen molar-refractivity contribution in [1.29, 1.82) is 0 Å². The quantitative estimate of drug-likeness (QED) is 0.539. The number of H-pyrrole nitrogens is 1. The van der Waals surface area contributed by atoms with Crippen molar-refractivity contribution in [1.82, 2.24) is 20.6 Å². The summed E-state index contributed by atoms with van der Waals surface area (Å²) in [7, 11) is 0. The van der Waals surface area contributed by atoms with Gasteiger partial charge in [-0.3, -0.25) is 0 Å². The van der Waals surface area contributed by atoms with Gasteiger partial charge < -0.3 is 5.73 Å². The third-order valence-electron chi connectivity index (χ3n) is 0.894. The number of aromatic nitrogens is 4. The van der Waals surface area contributed by atoms with Gasteiger partial charge in [-0.05, 0) is 6.92 Å². The fraction of sp³-hybridized carbons (Fsp3) is 0.750. The van der Waals surface area contributed by atoms with Crippen LogP contribution in [0.3, 0.4) is 0 Å². The fourth-order valence-corrected chi connectivity index (χ4v) is 0.557. The number of hydrogen-bond acceptors (Lipinski definition) is 4. The van der Waals surface area contributed by atoms with Gasteiger partial charge >= 0.3 is 0 Å². The normalized spacial score (nSPS) is 13.6. The maximum absolute atomic E-state index is 5.46. The molecule has 0 aliphatic heterocycles. The summed E-state index contributed by atoms with van der Waals surface area (Å²) in [6, 6.07) is 0.0996. The summed E-state index contributed by atoms with van der Waals surface area (Å²) in [4.78, 5) is 0. The highest BCUT2D eigenvalue weighted by atomic mass is 15.5. The van der Waals surface area contributed by atoms with E-state index >= 15 is 0 Å². The van der Waals surface area contributed by atoms with Crippen molar-refractivity contribution in [3.63, 3.8) is 0 Å². The lowest BCUT2D eigenvalue weighted by Crippen LogP contribution is -2.18. The summed E-state index contributed by atoms with van der Waals surface area (Å²) in [5.74, 6) is 0.671. The minimum absolute atomic E-state index is 0.0996. The number of tetrazole rings is 1. The number of nitrogens with one attached hydrogen (secondary N) is 1. The predicted octanol–water partition coefficient (Wildman–Crippen LogP) is -0.911. The summed E-state index contributed by atoms with van der Waals surface area (Å²) in [5, 5.41) is 13.2. The van der Waals surface area contributed by atoms with Gasteiger partial charge in [0.05, 0.1) is 0 Å². The number of aromatic amines is 1. The summed E-state index contributed by atoms with van der Waals surface area (Å²) < 4.78 is 0. The summed E-state index contributed by atoms with van der Waals surface area (Å²) >= 11 is 0. The van der Waals surface area contributed by atoms with Crippen molar-refractivity contribution in [3.8, 4) is 0 Å². The van der Waals surface area contributed by atoms with Gasteiger partial charge in [-0.2, -0.15) is 5.21 Å². The Morgan fingerprint density at radius 1 is 1.78 bits per heavy atom. The molecule has 1 aromatic rings. The second kappa shape index (κ2) is 2.54. The van der Waals surface area contributed by atoms with Gasteiger partial charge in [-0.25, -0.2) is 0 Å². The predicted molar refractivity (Wildman–Crippen MR) is 31.5 cm³/mol. The Hall–Kier alpha value is -0.970. The highest BCUT2D eigenvalue weighted by molar-refractivity contribution is 4.79. The molecule has 5 nitrogen and oxygen atoms in total. The van der Waals surface area contributed by atoms with E-state index < -0.39 is 0 Å². The Morgan fingerprint density at radius 2 is 2.56 bits per heavy atom. The van der Waals surface area contributed by atoms with Crippen LogP contribution in [0.15, 0.2) is 0 Å². The largest absolute Gasteiger partial charge is 0.328 e. The molecule has 9 heavy (non-hydrogen) atoms. The number of rotatable bonds is 2. The van der Waals surface area contributed by atoms with E-state index in [0.29, 0.717) is 12.2 Å². The van der Waals surface area contributed by atoms with E-state index in [9.17, 15) is 0 Å². The summed E-state index contributed by atoms with van der Waals surface area (Å²) in [6.07, 6.45) is 0.677. The molecule has 1 atom stereocenters. The molecule has 0 aromatic carbocycles. The lowest BCUT2D eigenvalue weighted by atomic mass is 10.2. The fourth-order valence-electron chi connectivity index (χ4n) is 0.557. The van der Waals surface area contributed by atoms with E-state index in [1.54, 1.807) is 0 Å². The smallest absolute Gasteiger partial charge is 0.176 e. The van der Waals surface area contributed by atoms with Crippen molar-refractivity contribution in [3.05, 3.63) is 5.82 Å². The molecule has 0 amide bonds. The van der Waals surface area contributed by atoms with Crippen LogP contribution < -0.4 is 5.73 Å². The number of nitrogens with two attached hydrogens (primary N) is 1. The highest BCUT2D eigenvalue weighted by Gasteiger charge is 1.99. The van der Waals surface area contributed by atoms with Crippen LogP contribution in [0.2, 0.25) is 0 Å². The molecule has 5 heteroatoms. The molecule has 0 fully saturated rings. The van der Waals surface area contributed by atoms with E-state index in [0.717, 1.165) is 0 Å². The third kappa shape index (κ3) is 1.77. The van der Waals surface area contributed by atoms with Gasteiger partial charge in [-0.15, -0.1) is 10.2 Å². The lowest BCUT2D eigenvalue weighted by molar-refractivity contribution is 0.703. The van der Waals surface area contributed by atoms with Gasteiger partial charge in [-0.1, -0.05) is 5.21 Å². The van der Waals surface area contributed by atoms with Crippen LogP contribution in [0, 0.1) is 0 Å². The first-order valence-electron chi connectivity index (χ1n) is 2.77. The Labute approximate surface area is 52.6 Å². The molecule has 0 spiro atoms. The zero-order chi connectivity index (χ0) is 6.69. The van der Waals surface area contributed by atoms with Crippen molar-refractivity contribution < 1.29 is 0 Å². The van der Waals surface area contributed by atoms with E-state index in [-0.39, 0.29) is 6.04 Å². The van der Waals surface area contributed by atoms with Crippen molar-refractivity contribution >= 4 is 0 Å². The molecule has 3 N–H and O–H groups in total. The Bertz CT molecular complexity index is 155. The molecule has 0 aliphatic rings. The van der Waals surface area contributed by atoms with Crippen LogP contribution in [0.4, 0.5) is 0 Å². The van der Waals surface area contributed by atoms with E-state index in [1.807, 2.05) is 6.92 Å². The molecule has 0 bridgehead atoms. The molecule has 1 aromatic heterocycles. The van der Waals surface area contributed by atoms with Crippen molar-refractivity contribution in [2.75, 3.05) is 0 Å². The number of hydrogen-bond donors (Lipinski definition) is 2. The Morgan fingerprint density at radius 3 is 3.00 bits per heavy atom. The second-order valence-electron chi connectivity index (χ2n) is 2.01. The molecule has 50 valence electrons. The zero-order valence-corrected chi connectivity index (χ0v) is 5.20. The van der Waals surface area contributed by atoms with Gasteiger partial charge in [0.1, 0.15) is 0 Å². The van der Waals surface area contributed by atoms with Gasteiger partial charge in [0.2, 0.25) is 0 Å². The van der Waals surface area contributed by atoms with Crippen LogP contribution in [-0.2, 0) is 6.42 Å². The van der Waals surface area contributed by atoms with Crippen LogP contribution in [0.25, 0.3) is 0 Å². The molecule has 0 saturated heterocycles. The number of nitrogens with zero attached hydrogens (tertiary/aromatic N) is 3. The molecule has 0 aliphatic carbocycles. The van der Waals surface area contributed by atoms with Crippen molar-refractivity contribution in [2.24, 2.45) is 5.73 Å². The first-order chi connectivity index (χ1) is 4.29. The van der Waals surface area contributed by atoms with Crippen LogP contribution in [-0.4, -0.2) is 26.7 Å². The average molecular weight is 127 g/mol. The van der Waals surface area contributed by atoms with Crippen LogP contribution >= 0.6 is 0 Å². The van der Waals surface area contributed by atoms with Gasteiger partial charge in [0.25, 0.3) is 0 Å². The minimum Gasteiger partial charge on any atom is -0.328 e. The average Bonchev–Trinajstić information content (AvgIpc) is 2.15. The lowest BCUT2D eigenvalue weighted by Gasteiger charge is -1.96. The maximum Gasteiger partial charge on any atom is 0.176 e. The molecule has 1 heterocycles. The SMILES string of the molecule is C[C@H](N)Cc1nn[nH]n1. The molecule has 1 rings (SSSR count). The summed E-state index contributed by atoms with van der Waals surface area (Å²) in [5.41, 5.74) is 5.46. The third-order valence-corrected chi connectivity index (χ3v) is 0.894. The standard InChI is InChI=1S/C4H9N5/c1-3(5)2-4-6-8-9-7-4/h3H,2,5H2,1H3,(H,6,7,8,9)/t3-/m0/s1. The first-order valence-corrected chi connectivity index (χ1v) is 2.77. The molecule has 0 radical (unpaired) electrons. The first kappa shape index (κ1) is 6.15. The molecular formula is C4H9N5. The maximum atomic E-state index is 5.46. The second-order valence-corrected chi connectivity index (χ2v) is 2.01. The van der Waals surface area contributed by atoms with E-state index in [2.05, 4.69) is 20.6 Å². The van der Waals surface area contributed by atoms with Crippen LogP contribution in [0.5, 0.6) is 0 Å². The highest BCUT2D eigenvalue weighted by Crippen LogP contribution is 1.87. The monoisotopic (exact) mass is 127 g/mol. The minimum atomic E-state index is 0.0996. The van der Waals surface area contributed by atoms with E-state index in [1.165, 1.54) is 0 Å². The molecule has 0 saturated carbocycles.